The zero-order valence-electron chi connectivity index (χ0n) is 14.6. The molecule has 0 atom stereocenters. The standard InChI is InChI=1S/C18H16F4N4O2/c19-12-1-2-13-14(9-12)28-17(23-13)25-7-5-11(6-8-25)10-26-16(27)4-3-15(24-26)18(20,21)22/h1-4,9,11H,5-8,10H2. The van der Waals surface area contributed by atoms with Gasteiger partial charge in [-0.1, -0.05) is 0 Å². The lowest BCUT2D eigenvalue weighted by molar-refractivity contribution is -0.142. The average Bonchev–Trinajstić information content (AvgIpc) is 3.06. The summed E-state index contributed by atoms with van der Waals surface area (Å²) in [6.07, 6.45) is -3.32. The quantitative estimate of drug-likeness (QED) is 0.635. The molecule has 0 amide bonds. The van der Waals surface area contributed by atoms with Gasteiger partial charge in [-0.2, -0.15) is 23.3 Å². The van der Waals surface area contributed by atoms with Gasteiger partial charge in [0.15, 0.2) is 11.3 Å². The molecular weight excluding hydrogens is 380 g/mol. The van der Waals surface area contributed by atoms with Crippen LogP contribution in [0.15, 0.2) is 39.5 Å². The third-order valence-corrected chi connectivity index (χ3v) is 4.81. The van der Waals surface area contributed by atoms with Crippen LogP contribution in [0.4, 0.5) is 23.6 Å². The van der Waals surface area contributed by atoms with Crippen molar-refractivity contribution in [3.63, 3.8) is 0 Å². The van der Waals surface area contributed by atoms with Crippen molar-refractivity contribution in [2.24, 2.45) is 5.92 Å². The highest BCUT2D eigenvalue weighted by molar-refractivity contribution is 5.74. The highest BCUT2D eigenvalue weighted by Gasteiger charge is 2.33. The molecule has 3 aromatic rings. The summed E-state index contributed by atoms with van der Waals surface area (Å²) in [6.45, 7) is 1.25. The van der Waals surface area contributed by atoms with E-state index in [4.69, 9.17) is 4.42 Å². The number of rotatable bonds is 3. The van der Waals surface area contributed by atoms with Crippen LogP contribution in [-0.4, -0.2) is 27.9 Å². The van der Waals surface area contributed by atoms with Gasteiger partial charge in [-0.05, 0) is 37.0 Å². The maximum Gasteiger partial charge on any atom is 0.435 e. The van der Waals surface area contributed by atoms with Crippen LogP contribution in [0.1, 0.15) is 18.5 Å². The molecule has 1 aliphatic rings. The van der Waals surface area contributed by atoms with Crippen molar-refractivity contribution in [2.45, 2.75) is 25.6 Å². The van der Waals surface area contributed by atoms with Gasteiger partial charge in [-0.15, -0.1) is 0 Å². The number of hydrogen-bond donors (Lipinski definition) is 0. The smallest absolute Gasteiger partial charge is 0.423 e. The summed E-state index contributed by atoms with van der Waals surface area (Å²) in [7, 11) is 0. The first-order chi connectivity index (χ1) is 13.3. The van der Waals surface area contributed by atoms with Gasteiger partial charge >= 0.3 is 6.18 Å². The first kappa shape index (κ1) is 18.5. The number of nitrogens with zero attached hydrogens (tertiary/aromatic N) is 4. The summed E-state index contributed by atoms with van der Waals surface area (Å²) in [4.78, 5) is 18.1. The molecule has 4 rings (SSSR count). The lowest BCUT2D eigenvalue weighted by Gasteiger charge is -2.30. The van der Waals surface area contributed by atoms with Crippen molar-refractivity contribution in [2.75, 3.05) is 18.0 Å². The van der Waals surface area contributed by atoms with Crippen LogP contribution in [0, 0.1) is 11.7 Å². The molecule has 0 bridgehead atoms. The van der Waals surface area contributed by atoms with E-state index in [9.17, 15) is 22.4 Å². The minimum absolute atomic E-state index is 0.00626. The second-order valence-corrected chi connectivity index (χ2v) is 6.78. The number of oxazole rings is 1. The number of aromatic nitrogens is 3. The van der Waals surface area contributed by atoms with E-state index in [1.165, 1.54) is 18.2 Å². The summed E-state index contributed by atoms with van der Waals surface area (Å²) in [5, 5.41) is 3.45. The van der Waals surface area contributed by atoms with Crippen LogP contribution in [-0.2, 0) is 12.7 Å². The van der Waals surface area contributed by atoms with Gasteiger partial charge in [0.1, 0.15) is 11.3 Å². The molecule has 6 nitrogen and oxygen atoms in total. The molecule has 1 aliphatic heterocycles. The van der Waals surface area contributed by atoms with Crippen LogP contribution < -0.4 is 10.5 Å². The number of benzene rings is 1. The van der Waals surface area contributed by atoms with Gasteiger partial charge in [-0.3, -0.25) is 4.79 Å². The Morgan fingerprint density at radius 1 is 1.14 bits per heavy atom. The van der Waals surface area contributed by atoms with Crippen molar-refractivity contribution in [1.82, 2.24) is 14.8 Å². The molecule has 0 aliphatic carbocycles. The van der Waals surface area contributed by atoms with Crippen molar-refractivity contribution in [3.8, 4) is 0 Å². The Bertz CT molecular complexity index is 1050. The molecular formula is C18H16F4N4O2. The van der Waals surface area contributed by atoms with E-state index >= 15 is 0 Å². The fraction of sp³-hybridized carbons (Fsp3) is 0.389. The van der Waals surface area contributed by atoms with E-state index in [0.717, 1.165) is 10.7 Å². The number of fused-ring (bicyclic) bond motifs is 1. The van der Waals surface area contributed by atoms with Gasteiger partial charge in [0.05, 0.1) is 0 Å². The minimum atomic E-state index is -4.59. The Balaban J connectivity index is 1.43. The predicted molar refractivity (Wildman–Crippen MR) is 92.4 cm³/mol. The van der Waals surface area contributed by atoms with Crippen LogP contribution in [0.5, 0.6) is 0 Å². The fourth-order valence-electron chi connectivity index (χ4n) is 3.30. The average molecular weight is 396 g/mol. The molecule has 0 unspecified atom stereocenters. The highest BCUT2D eigenvalue weighted by Crippen LogP contribution is 2.28. The zero-order valence-corrected chi connectivity index (χ0v) is 14.6. The van der Waals surface area contributed by atoms with Crippen molar-refractivity contribution in [1.29, 1.82) is 0 Å². The zero-order chi connectivity index (χ0) is 19.9. The van der Waals surface area contributed by atoms with E-state index < -0.39 is 23.2 Å². The first-order valence-corrected chi connectivity index (χ1v) is 8.76. The summed E-state index contributed by atoms with van der Waals surface area (Å²) in [5.74, 6) is -0.403. The lowest BCUT2D eigenvalue weighted by atomic mass is 9.97. The Morgan fingerprint density at radius 2 is 1.89 bits per heavy atom. The first-order valence-electron chi connectivity index (χ1n) is 8.76. The van der Waals surface area contributed by atoms with Gasteiger partial charge in [0.2, 0.25) is 0 Å². The normalized spacial score (nSPS) is 16.1. The maximum atomic E-state index is 13.3. The summed E-state index contributed by atoms with van der Waals surface area (Å²) < 4.78 is 58.2. The van der Waals surface area contributed by atoms with E-state index in [1.807, 2.05) is 4.90 Å². The van der Waals surface area contributed by atoms with E-state index in [1.54, 1.807) is 0 Å². The Hall–Kier alpha value is -2.91. The Labute approximate surface area is 156 Å². The van der Waals surface area contributed by atoms with Crippen molar-refractivity contribution < 1.29 is 22.0 Å². The van der Waals surface area contributed by atoms with Gasteiger partial charge in [0, 0.05) is 31.8 Å². The molecule has 1 fully saturated rings. The van der Waals surface area contributed by atoms with E-state index in [0.29, 0.717) is 49.1 Å². The van der Waals surface area contributed by atoms with Gasteiger partial charge in [-0.25, -0.2) is 9.07 Å². The van der Waals surface area contributed by atoms with Gasteiger partial charge < -0.3 is 9.32 Å². The molecule has 2 aromatic heterocycles. The minimum Gasteiger partial charge on any atom is -0.423 e. The topological polar surface area (TPSA) is 64.2 Å². The number of hydrogen-bond acceptors (Lipinski definition) is 5. The van der Waals surface area contributed by atoms with Crippen LogP contribution in [0.3, 0.4) is 0 Å². The maximum absolute atomic E-state index is 13.3. The van der Waals surface area contributed by atoms with Crippen molar-refractivity contribution >= 4 is 17.1 Å². The van der Waals surface area contributed by atoms with Crippen LogP contribution in [0.25, 0.3) is 11.1 Å². The number of alkyl halides is 3. The Kier molecular flexibility index (Phi) is 4.56. The van der Waals surface area contributed by atoms with E-state index in [-0.39, 0.29) is 12.5 Å². The second kappa shape index (κ2) is 6.92. The van der Waals surface area contributed by atoms with Crippen LogP contribution >= 0.6 is 0 Å². The fourth-order valence-corrected chi connectivity index (χ4v) is 3.30. The van der Waals surface area contributed by atoms with Crippen molar-refractivity contribution in [3.05, 3.63) is 52.2 Å². The molecule has 3 heterocycles. The molecule has 10 heteroatoms. The molecule has 0 N–H and O–H groups in total. The third-order valence-electron chi connectivity index (χ3n) is 4.81. The molecule has 148 valence electrons. The second-order valence-electron chi connectivity index (χ2n) is 6.78. The monoisotopic (exact) mass is 396 g/mol. The molecule has 0 radical (unpaired) electrons. The third kappa shape index (κ3) is 3.71. The molecule has 0 spiro atoms. The predicted octanol–water partition coefficient (Wildman–Crippen LogP) is 3.46. The molecule has 28 heavy (non-hydrogen) atoms. The van der Waals surface area contributed by atoms with Crippen LogP contribution in [0.2, 0.25) is 0 Å². The highest BCUT2D eigenvalue weighted by atomic mass is 19.4. The number of anilines is 1. The number of halogens is 4. The summed E-state index contributed by atoms with van der Waals surface area (Å²) in [6, 6.07) is 6.08. The summed E-state index contributed by atoms with van der Waals surface area (Å²) in [5.41, 5.74) is -0.727. The molecule has 0 saturated carbocycles. The SMILES string of the molecule is O=c1ccc(C(F)(F)F)nn1CC1CCN(c2nc3ccc(F)cc3o2)CC1. The lowest BCUT2D eigenvalue weighted by Crippen LogP contribution is -2.37. The number of piperidine rings is 1. The molecule has 1 saturated heterocycles. The largest absolute Gasteiger partial charge is 0.435 e. The van der Waals surface area contributed by atoms with Gasteiger partial charge in [0.25, 0.3) is 11.6 Å². The Morgan fingerprint density at radius 3 is 2.61 bits per heavy atom. The summed E-state index contributed by atoms with van der Waals surface area (Å²) >= 11 is 0. The molecule has 1 aromatic carbocycles. The van der Waals surface area contributed by atoms with E-state index in [2.05, 4.69) is 10.1 Å².